The normalized spacial score (nSPS) is 11.5. The molecule has 0 fully saturated rings. The lowest BCUT2D eigenvalue weighted by Crippen LogP contribution is -2.30. The monoisotopic (exact) mass is 513 g/mol. The number of thioether (sulfide) groups is 1. The van der Waals surface area contributed by atoms with Gasteiger partial charge in [-0.3, -0.25) is 9.59 Å². The standard InChI is InChI=1S/C25H28ClN5O3S/c1-5-12-31-24(17(3)27-22(32)14-18-6-9-20(34-4)10-7-18)29-30-25(31)35-15-23(33)28-21-11-8-19(26)13-16(21)2/h5-11,13,17H,1,12,14-15H2,2-4H3,(H,27,32)(H,28,33). The largest absolute Gasteiger partial charge is 0.497 e. The minimum Gasteiger partial charge on any atom is -0.497 e. The summed E-state index contributed by atoms with van der Waals surface area (Å²) >= 11 is 7.24. The maximum atomic E-state index is 12.6. The second-order valence-electron chi connectivity index (χ2n) is 7.85. The lowest BCUT2D eigenvalue weighted by atomic mass is 10.1. The van der Waals surface area contributed by atoms with Gasteiger partial charge in [-0.05, 0) is 55.3 Å². The lowest BCUT2D eigenvalue weighted by Gasteiger charge is -2.15. The molecule has 0 spiro atoms. The van der Waals surface area contributed by atoms with Crippen LogP contribution in [0.2, 0.25) is 5.02 Å². The van der Waals surface area contributed by atoms with E-state index in [0.29, 0.717) is 28.2 Å². The number of nitrogens with one attached hydrogen (secondary N) is 2. The van der Waals surface area contributed by atoms with Gasteiger partial charge in [0.1, 0.15) is 5.75 Å². The topological polar surface area (TPSA) is 98.1 Å². The highest BCUT2D eigenvalue weighted by Crippen LogP contribution is 2.23. The van der Waals surface area contributed by atoms with E-state index in [1.54, 1.807) is 31.4 Å². The van der Waals surface area contributed by atoms with Gasteiger partial charge in [-0.25, -0.2) is 0 Å². The fourth-order valence-electron chi connectivity index (χ4n) is 3.40. The summed E-state index contributed by atoms with van der Waals surface area (Å²) in [5.74, 6) is 1.17. The molecule has 10 heteroatoms. The first-order valence-corrected chi connectivity index (χ1v) is 12.3. The van der Waals surface area contributed by atoms with Gasteiger partial charge in [0.2, 0.25) is 11.8 Å². The molecule has 2 N–H and O–H groups in total. The molecule has 2 amide bonds. The summed E-state index contributed by atoms with van der Waals surface area (Å²) in [6, 6.07) is 12.3. The summed E-state index contributed by atoms with van der Waals surface area (Å²) in [6.45, 7) is 7.98. The lowest BCUT2D eigenvalue weighted by molar-refractivity contribution is -0.121. The molecular formula is C25H28ClN5O3S. The molecule has 1 unspecified atom stereocenters. The summed E-state index contributed by atoms with van der Waals surface area (Å²) < 4.78 is 6.99. The Morgan fingerprint density at radius 1 is 1.20 bits per heavy atom. The van der Waals surface area contributed by atoms with Gasteiger partial charge in [0.15, 0.2) is 11.0 Å². The molecule has 0 saturated carbocycles. The van der Waals surface area contributed by atoms with Crippen molar-refractivity contribution < 1.29 is 14.3 Å². The number of rotatable bonds is 11. The zero-order chi connectivity index (χ0) is 25.4. The molecule has 0 aliphatic rings. The molecule has 0 aliphatic heterocycles. The van der Waals surface area contributed by atoms with E-state index in [-0.39, 0.29) is 30.0 Å². The molecule has 1 heterocycles. The molecule has 35 heavy (non-hydrogen) atoms. The number of aryl methyl sites for hydroxylation is 1. The van der Waals surface area contributed by atoms with E-state index in [1.165, 1.54) is 11.8 Å². The molecule has 0 aliphatic carbocycles. The highest BCUT2D eigenvalue weighted by Gasteiger charge is 2.20. The second kappa shape index (κ2) is 12.4. The van der Waals surface area contributed by atoms with Gasteiger partial charge in [0.25, 0.3) is 0 Å². The van der Waals surface area contributed by atoms with E-state index in [1.807, 2.05) is 42.7 Å². The third kappa shape index (κ3) is 7.34. The number of aromatic nitrogens is 3. The summed E-state index contributed by atoms with van der Waals surface area (Å²) in [4.78, 5) is 25.1. The number of methoxy groups -OCH3 is 1. The van der Waals surface area contributed by atoms with Crippen molar-refractivity contribution in [3.63, 3.8) is 0 Å². The Kier molecular flexibility index (Phi) is 9.33. The molecule has 8 nitrogen and oxygen atoms in total. The summed E-state index contributed by atoms with van der Waals surface area (Å²) in [7, 11) is 1.60. The second-order valence-corrected chi connectivity index (χ2v) is 9.23. The van der Waals surface area contributed by atoms with E-state index in [0.717, 1.165) is 16.9 Å². The smallest absolute Gasteiger partial charge is 0.234 e. The maximum absolute atomic E-state index is 12.6. The van der Waals surface area contributed by atoms with Crippen molar-refractivity contribution in [2.75, 3.05) is 18.2 Å². The fraction of sp³-hybridized carbons (Fsp3) is 0.280. The Labute approximate surface area is 214 Å². The number of anilines is 1. The average molecular weight is 514 g/mol. The summed E-state index contributed by atoms with van der Waals surface area (Å²) in [5.41, 5.74) is 2.47. The van der Waals surface area contributed by atoms with Crippen molar-refractivity contribution >= 4 is 40.9 Å². The number of hydrogen-bond donors (Lipinski definition) is 2. The first-order valence-electron chi connectivity index (χ1n) is 11.0. The maximum Gasteiger partial charge on any atom is 0.234 e. The Morgan fingerprint density at radius 3 is 2.60 bits per heavy atom. The molecular weight excluding hydrogens is 486 g/mol. The third-order valence-electron chi connectivity index (χ3n) is 5.14. The van der Waals surface area contributed by atoms with Crippen molar-refractivity contribution in [3.8, 4) is 5.75 Å². The quantitative estimate of drug-likeness (QED) is 0.287. The van der Waals surface area contributed by atoms with Crippen LogP contribution in [0, 0.1) is 6.92 Å². The highest BCUT2D eigenvalue weighted by molar-refractivity contribution is 7.99. The Balaban J connectivity index is 1.61. The summed E-state index contributed by atoms with van der Waals surface area (Å²) in [5, 5.41) is 15.5. The first-order chi connectivity index (χ1) is 16.8. The summed E-state index contributed by atoms with van der Waals surface area (Å²) in [6.07, 6.45) is 1.95. The van der Waals surface area contributed by atoms with Gasteiger partial charge in [-0.2, -0.15) is 0 Å². The zero-order valence-corrected chi connectivity index (χ0v) is 21.4. The fourth-order valence-corrected chi connectivity index (χ4v) is 4.38. The van der Waals surface area contributed by atoms with Crippen LogP contribution in [0.1, 0.15) is 29.9 Å². The van der Waals surface area contributed by atoms with Crippen LogP contribution in [0.3, 0.4) is 0 Å². The third-order valence-corrected chi connectivity index (χ3v) is 6.34. The van der Waals surface area contributed by atoms with E-state index in [4.69, 9.17) is 16.3 Å². The van der Waals surface area contributed by atoms with Crippen molar-refractivity contribution in [3.05, 3.63) is 77.1 Å². The predicted molar refractivity (Wildman–Crippen MR) is 139 cm³/mol. The van der Waals surface area contributed by atoms with Crippen molar-refractivity contribution in [1.29, 1.82) is 0 Å². The minimum atomic E-state index is -0.381. The number of hydrogen-bond acceptors (Lipinski definition) is 6. The molecule has 184 valence electrons. The zero-order valence-electron chi connectivity index (χ0n) is 19.9. The minimum absolute atomic E-state index is 0.136. The molecule has 1 aromatic heterocycles. The number of allylic oxidation sites excluding steroid dienone is 1. The van der Waals surface area contributed by atoms with Crippen LogP contribution in [0.5, 0.6) is 5.75 Å². The molecule has 1 atom stereocenters. The molecule has 3 aromatic rings. The van der Waals surface area contributed by atoms with Crippen LogP contribution in [-0.2, 0) is 22.6 Å². The Hall–Kier alpha value is -3.30. The number of carbonyl (C=O) groups is 2. The van der Waals surface area contributed by atoms with Crippen LogP contribution in [0.25, 0.3) is 0 Å². The molecule has 0 bridgehead atoms. The van der Waals surface area contributed by atoms with Crippen LogP contribution in [-0.4, -0.2) is 39.4 Å². The average Bonchev–Trinajstić information content (AvgIpc) is 3.23. The number of ether oxygens (including phenoxy) is 1. The van der Waals surface area contributed by atoms with E-state index >= 15 is 0 Å². The van der Waals surface area contributed by atoms with Gasteiger partial charge < -0.3 is 19.9 Å². The number of nitrogens with zero attached hydrogens (tertiary/aromatic N) is 3. The number of halogens is 1. The van der Waals surface area contributed by atoms with Crippen LogP contribution >= 0.6 is 23.4 Å². The molecule has 2 aromatic carbocycles. The van der Waals surface area contributed by atoms with Crippen molar-refractivity contribution in [2.24, 2.45) is 0 Å². The first kappa shape index (κ1) is 26.3. The van der Waals surface area contributed by atoms with Crippen LogP contribution in [0.15, 0.2) is 60.3 Å². The van der Waals surface area contributed by atoms with Crippen LogP contribution in [0.4, 0.5) is 5.69 Å². The van der Waals surface area contributed by atoms with Gasteiger partial charge >= 0.3 is 0 Å². The van der Waals surface area contributed by atoms with E-state index < -0.39 is 0 Å². The Bertz CT molecular complexity index is 1200. The number of amides is 2. The van der Waals surface area contributed by atoms with E-state index in [9.17, 15) is 9.59 Å². The Morgan fingerprint density at radius 2 is 1.94 bits per heavy atom. The van der Waals surface area contributed by atoms with Gasteiger partial charge in [-0.1, -0.05) is 41.6 Å². The van der Waals surface area contributed by atoms with Gasteiger partial charge in [0.05, 0.1) is 25.3 Å². The highest BCUT2D eigenvalue weighted by atomic mass is 35.5. The number of carbonyl (C=O) groups excluding carboxylic acids is 2. The SMILES string of the molecule is C=CCn1c(SCC(=O)Nc2ccc(Cl)cc2C)nnc1C(C)NC(=O)Cc1ccc(OC)cc1. The molecule has 3 rings (SSSR count). The predicted octanol–water partition coefficient (Wildman–Crippen LogP) is 4.59. The van der Waals surface area contributed by atoms with Gasteiger partial charge in [0, 0.05) is 17.3 Å². The van der Waals surface area contributed by atoms with Crippen molar-refractivity contribution in [2.45, 2.75) is 38.0 Å². The molecule has 0 radical (unpaired) electrons. The van der Waals surface area contributed by atoms with Gasteiger partial charge in [-0.15, -0.1) is 16.8 Å². The van der Waals surface area contributed by atoms with Crippen molar-refractivity contribution in [1.82, 2.24) is 20.1 Å². The molecule has 0 saturated heterocycles. The van der Waals surface area contributed by atoms with E-state index in [2.05, 4.69) is 27.4 Å². The number of benzene rings is 2. The van der Waals surface area contributed by atoms with Crippen LogP contribution < -0.4 is 15.4 Å².